The van der Waals surface area contributed by atoms with Gasteiger partial charge in [-0.3, -0.25) is 9.67 Å². The van der Waals surface area contributed by atoms with Gasteiger partial charge in [0.2, 0.25) is 0 Å². The Labute approximate surface area is 141 Å². The molecule has 9 heteroatoms. The average Bonchev–Trinajstić information content (AvgIpc) is 2.86. The van der Waals surface area contributed by atoms with E-state index in [0.717, 1.165) is 5.56 Å². The molecule has 0 aliphatic heterocycles. The monoisotopic (exact) mass is 363 g/mol. The molecule has 0 amide bonds. The normalized spacial score (nSPS) is 12.0. The van der Waals surface area contributed by atoms with Crippen molar-refractivity contribution in [1.29, 1.82) is 0 Å². The van der Waals surface area contributed by atoms with Gasteiger partial charge in [0.25, 0.3) is 0 Å². The summed E-state index contributed by atoms with van der Waals surface area (Å²) in [7, 11) is 0. The van der Waals surface area contributed by atoms with Crippen molar-refractivity contribution < 1.29 is 26.7 Å². The Kier molecular flexibility index (Phi) is 5.97. The molecule has 0 atom stereocenters. The van der Waals surface area contributed by atoms with Gasteiger partial charge in [-0.05, 0) is 32.3 Å². The summed E-state index contributed by atoms with van der Waals surface area (Å²) in [5.41, 5.74) is 1.95. The van der Waals surface area contributed by atoms with E-state index in [0.29, 0.717) is 17.8 Å². The zero-order chi connectivity index (χ0) is 18.6. The molecule has 138 valence electrons. The van der Waals surface area contributed by atoms with E-state index in [4.69, 9.17) is 0 Å². The quantitative estimate of drug-likeness (QED) is 0.666. The summed E-state index contributed by atoms with van der Waals surface area (Å²) in [6, 6.07) is 1.27. The van der Waals surface area contributed by atoms with E-state index in [-0.39, 0.29) is 24.3 Å². The molecule has 0 radical (unpaired) electrons. The molecule has 0 fully saturated rings. The predicted octanol–water partition coefficient (Wildman–Crippen LogP) is 4.76. The van der Waals surface area contributed by atoms with Gasteiger partial charge in [-0.15, -0.1) is 0 Å². The van der Waals surface area contributed by atoms with E-state index < -0.39 is 19.2 Å². The van der Waals surface area contributed by atoms with Crippen LogP contribution in [0.1, 0.15) is 31.0 Å². The van der Waals surface area contributed by atoms with Crippen molar-refractivity contribution in [3.05, 3.63) is 29.7 Å². The topological polar surface area (TPSA) is 39.9 Å². The maximum Gasteiger partial charge on any atom is 0.389 e. The third kappa shape index (κ3) is 5.14. The summed E-state index contributed by atoms with van der Waals surface area (Å²) in [6.45, 7) is 1.09. The summed E-state index contributed by atoms with van der Waals surface area (Å²) in [4.78, 5) is 4.11. The van der Waals surface area contributed by atoms with Gasteiger partial charge in [-0.2, -0.15) is 27.1 Å². The number of hydrogen-bond donors (Lipinski definition) is 0. The maximum absolute atomic E-state index is 12.8. The van der Waals surface area contributed by atoms with E-state index in [1.807, 2.05) is 6.92 Å². The van der Waals surface area contributed by atoms with Crippen LogP contribution >= 0.6 is 0 Å². The molecule has 25 heavy (non-hydrogen) atoms. The number of pyridine rings is 1. The summed E-state index contributed by atoms with van der Waals surface area (Å²) in [6.07, 6.45) is -2.42. The Hall–Kier alpha value is -2.19. The molecule has 0 saturated heterocycles. The van der Waals surface area contributed by atoms with Crippen LogP contribution in [0.4, 0.5) is 22.0 Å². The lowest BCUT2D eigenvalue weighted by molar-refractivity contribution is -0.135. The summed E-state index contributed by atoms with van der Waals surface area (Å²) >= 11 is 0. The van der Waals surface area contributed by atoms with E-state index >= 15 is 0 Å². The molecule has 0 aliphatic rings. The van der Waals surface area contributed by atoms with Gasteiger partial charge in [0, 0.05) is 30.9 Å². The second-order valence-electron chi connectivity index (χ2n) is 5.51. The van der Waals surface area contributed by atoms with Gasteiger partial charge in [-0.1, -0.05) is 0 Å². The van der Waals surface area contributed by atoms with E-state index in [1.54, 1.807) is 17.8 Å². The lowest BCUT2D eigenvalue weighted by Gasteiger charge is -2.14. The molecular weight excluding hydrogens is 345 g/mol. The standard InChI is InChI=1S/C16H18F5N3O/c1-3-24-14(10(2)8-23-24)12-9-22-11(5-4-6-16(19,20)21)7-13(12)25-15(17)18/h7-9,15H,3-6H2,1-2H3. The number of alkyl halides is 5. The molecule has 0 aromatic carbocycles. The largest absolute Gasteiger partial charge is 0.434 e. The maximum atomic E-state index is 12.8. The number of aromatic nitrogens is 3. The fourth-order valence-corrected chi connectivity index (χ4v) is 2.53. The van der Waals surface area contributed by atoms with Gasteiger partial charge in [-0.25, -0.2) is 0 Å². The van der Waals surface area contributed by atoms with Crippen LogP contribution in [-0.4, -0.2) is 27.6 Å². The summed E-state index contributed by atoms with van der Waals surface area (Å²) < 4.78 is 68.4. The number of hydrogen-bond acceptors (Lipinski definition) is 3. The van der Waals surface area contributed by atoms with E-state index in [9.17, 15) is 22.0 Å². The minimum absolute atomic E-state index is 0.0193. The highest BCUT2D eigenvalue weighted by Crippen LogP contribution is 2.33. The van der Waals surface area contributed by atoms with Crippen LogP contribution in [-0.2, 0) is 13.0 Å². The second-order valence-corrected chi connectivity index (χ2v) is 5.51. The first kappa shape index (κ1) is 19.1. The molecule has 0 spiro atoms. The third-order valence-corrected chi connectivity index (χ3v) is 3.61. The van der Waals surface area contributed by atoms with Gasteiger partial charge in [0.05, 0.1) is 17.5 Å². The van der Waals surface area contributed by atoms with Crippen LogP contribution < -0.4 is 4.74 Å². The summed E-state index contributed by atoms with van der Waals surface area (Å²) in [5.74, 6) is -0.120. The first-order valence-electron chi connectivity index (χ1n) is 7.74. The lowest BCUT2D eigenvalue weighted by Crippen LogP contribution is -2.09. The van der Waals surface area contributed by atoms with Crippen LogP contribution in [0.3, 0.4) is 0 Å². The van der Waals surface area contributed by atoms with Crippen molar-refractivity contribution in [2.75, 3.05) is 0 Å². The highest BCUT2D eigenvalue weighted by Gasteiger charge is 2.26. The molecule has 0 N–H and O–H groups in total. The molecule has 2 aromatic heterocycles. The number of rotatable bonds is 7. The molecule has 0 saturated carbocycles. The highest BCUT2D eigenvalue weighted by atomic mass is 19.4. The molecule has 4 nitrogen and oxygen atoms in total. The Morgan fingerprint density at radius 2 is 1.96 bits per heavy atom. The van der Waals surface area contributed by atoms with Crippen molar-refractivity contribution in [1.82, 2.24) is 14.8 Å². The van der Waals surface area contributed by atoms with Gasteiger partial charge >= 0.3 is 12.8 Å². The van der Waals surface area contributed by atoms with Crippen molar-refractivity contribution >= 4 is 0 Å². The van der Waals surface area contributed by atoms with Crippen molar-refractivity contribution in [3.63, 3.8) is 0 Å². The SMILES string of the molecule is CCn1ncc(C)c1-c1cnc(CCCC(F)(F)F)cc1OC(F)F. The van der Waals surface area contributed by atoms with E-state index in [1.165, 1.54) is 12.3 Å². The zero-order valence-electron chi connectivity index (χ0n) is 13.8. The van der Waals surface area contributed by atoms with E-state index in [2.05, 4.69) is 14.8 Å². The Bertz CT molecular complexity index is 712. The predicted molar refractivity (Wildman–Crippen MR) is 81.5 cm³/mol. The van der Waals surface area contributed by atoms with Gasteiger partial charge < -0.3 is 4.74 Å². The Morgan fingerprint density at radius 3 is 2.56 bits per heavy atom. The molecular formula is C16H18F5N3O. The van der Waals surface area contributed by atoms with Crippen molar-refractivity contribution in [3.8, 4) is 17.0 Å². The fourth-order valence-electron chi connectivity index (χ4n) is 2.53. The molecule has 0 aliphatic carbocycles. The Morgan fingerprint density at radius 1 is 1.24 bits per heavy atom. The Balaban J connectivity index is 2.32. The van der Waals surface area contributed by atoms with Crippen LogP contribution in [0.15, 0.2) is 18.5 Å². The van der Waals surface area contributed by atoms with Crippen LogP contribution in [0.25, 0.3) is 11.3 Å². The fraction of sp³-hybridized carbons (Fsp3) is 0.500. The highest BCUT2D eigenvalue weighted by molar-refractivity contribution is 5.69. The third-order valence-electron chi connectivity index (χ3n) is 3.61. The van der Waals surface area contributed by atoms with Crippen molar-refractivity contribution in [2.45, 2.75) is 52.4 Å². The number of ether oxygens (including phenoxy) is 1. The molecule has 2 aromatic rings. The first-order valence-corrected chi connectivity index (χ1v) is 7.74. The van der Waals surface area contributed by atoms with Crippen LogP contribution in [0, 0.1) is 6.92 Å². The second kappa shape index (κ2) is 7.79. The van der Waals surface area contributed by atoms with Crippen LogP contribution in [0.5, 0.6) is 5.75 Å². The average molecular weight is 363 g/mol. The van der Waals surface area contributed by atoms with Gasteiger partial charge in [0.15, 0.2) is 0 Å². The molecule has 2 rings (SSSR count). The number of aryl methyl sites for hydroxylation is 3. The summed E-state index contributed by atoms with van der Waals surface area (Å²) in [5, 5.41) is 4.15. The lowest BCUT2D eigenvalue weighted by atomic mass is 10.1. The van der Waals surface area contributed by atoms with Crippen LogP contribution in [0.2, 0.25) is 0 Å². The van der Waals surface area contributed by atoms with Crippen molar-refractivity contribution in [2.24, 2.45) is 0 Å². The molecule has 0 bridgehead atoms. The minimum atomic E-state index is -4.26. The number of halogens is 5. The smallest absolute Gasteiger partial charge is 0.389 e. The number of nitrogens with zero attached hydrogens (tertiary/aromatic N) is 3. The molecule has 0 unspecified atom stereocenters. The van der Waals surface area contributed by atoms with Gasteiger partial charge in [0.1, 0.15) is 5.75 Å². The minimum Gasteiger partial charge on any atom is -0.434 e. The molecule has 2 heterocycles. The zero-order valence-corrected chi connectivity index (χ0v) is 13.8. The first-order chi connectivity index (χ1) is 11.7.